The van der Waals surface area contributed by atoms with Gasteiger partial charge in [-0.25, -0.2) is 0 Å². The van der Waals surface area contributed by atoms with Gasteiger partial charge in [-0.15, -0.1) is 0 Å². The van der Waals surface area contributed by atoms with E-state index >= 15 is 0 Å². The number of aromatic hydroxyl groups is 1. The second-order valence-electron chi connectivity index (χ2n) is 9.74. The maximum absolute atomic E-state index is 13.2. The molecule has 222 valence electrons. The summed E-state index contributed by atoms with van der Waals surface area (Å²) in [6, 6.07) is 8.73. The van der Waals surface area contributed by atoms with Gasteiger partial charge in [0.15, 0.2) is 17.8 Å². The molecular formula is C27H30O14. The molecule has 0 amide bonds. The van der Waals surface area contributed by atoms with Gasteiger partial charge in [0.05, 0.1) is 31.3 Å². The SMILES string of the molecule is COc1cc2c(=O)c(-c3ccc(O)cc3)coc2cc1O[C@H]1O[C@@H](CO[C@H]2OC[C@H](O)[C@@H](O)[C@@H]2O)[C@H](O)[C@@H](O)[C@@H]1O. The number of rotatable bonds is 7. The highest BCUT2D eigenvalue weighted by Gasteiger charge is 2.46. The van der Waals surface area contributed by atoms with E-state index in [0.29, 0.717) is 5.56 Å². The first-order valence-electron chi connectivity index (χ1n) is 12.7. The Labute approximate surface area is 232 Å². The summed E-state index contributed by atoms with van der Waals surface area (Å²) in [6.45, 7) is -0.766. The van der Waals surface area contributed by atoms with Gasteiger partial charge in [0, 0.05) is 6.07 Å². The second kappa shape index (κ2) is 11.9. The minimum absolute atomic E-state index is 0.0176. The van der Waals surface area contributed by atoms with E-state index in [2.05, 4.69) is 0 Å². The van der Waals surface area contributed by atoms with Crippen LogP contribution in [-0.4, -0.2) is 111 Å². The molecular weight excluding hydrogens is 548 g/mol. The van der Waals surface area contributed by atoms with Gasteiger partial charge in [-0.3, -0.25) is 4.79 Å². The number of ether oxygens (including phenoxy) is 5. The Kier molecular flexibility index (Phi) is 8.47. The summed E-state index contributed by atoms with van der Waals surface area (Å²) in [4.78, 5) is 13.2. The van der Waals surface area contributed by atoms with E-state index in [4.69, 9.17) is 28.1 Å². The first-order valence-corrected chi connectivity index (χ1v) is 12.7. The third-order valence-electron chi connectivity index (χ3n) is 7.03. The second-order valence-corrected chi connectivity index (χ2v) is 9.74. The molecule has 14 heteroatoms. The number of phenols is 1. The van der Waals surface area contributed by atoms with Gasteiger partial charge in [0.1, 0.15) is 60.3 Å². The molecule has 2 aromatic carbocycles. The van der Waals surface area contributed by atoms with Crippen LogP contribution in [0, 0.1) is 0 Å². The van der Waals surface area contributed by atoms with E-state index in [0.717, 1.165) is 0 Å². The van der Waals surface area contributed by atoms with Gasteiger partial charge >= 0.3 is 0 Å². The number of aliphatic hydroxyl groups is 6. The number of fused-ring (bicyclic) bond motifs is 1. The first-order chi connectivity index (χ1) is 19.6. The molecule has 2 saturated heterocycles. The molecule has 0 aliphatic carbocycles. The van der Waals surface area contributed by atoms with Crippen molar-refractivity contribution in [1.82, 2.24) is 0 Å². The van der Waals surface area contributed by atoms with Crippen molar-refractivity contribution < 1.29 is 63.8 Å². The molecule has 7 N–H and O–H groups in total. The average Bonchev–Trinajstić information content (AvgIpc) is 2.97. The molecule has 2 aliphatic rings. The summed E-state index contributed by atoms with van der Waals surface area (Å²) in [6.07, 6.45) is -12.4. The molecule has 2 fully saturated rings. The Hall–Kier alpha value is -3.31. The van der Waals surface area contributed by atoms with E-state index in [9.17, 15) is 40.5 Å². The fraction of sp³-hybridized carbons (Fsp3) is 0.444. The molecule has 5 rings (SSSR count). The van der Waals surface area contributed by atoms with Crippen molar-refractivity contribution in [2.24, 2.45) is 0 Å². The normalized spacial score (nSPS) is 32.1. The van der Waals surface area contributed by atoms with Crippen LogP contribution in [0.1, 0.15) is 0 Å². The molecule has 14 nitrogen and oxygen atoms in total. The number of aliphatic hydroxyl groups excluding tert-OH is 6. The zero-order valence-corrected chi connectivity index (χ0v) is 21.6. The summed E-state index contributed by atoms with van der Waals surface area (Å²) >= 11 is 0. The predicted molar refractivity (Wildman–Crippen MR) is 137 cm³/mol. The van der Waals surface area contributed by atoms with Crippen molar-refractivity contribution in [3.05, 3.63) is 52.9 Å². The van der Waals surface area contributed by atoms with Crippen LogP contribution in [0.3, 0.4) is 0 Å². The topological polar surface area (TPSA) is 218 Å². The van der Waals surface area contributed by atoms with Gasteiger partial charge in [0.25, 0.3) is 0 Å². The van der Waals surface area contributed by atoms with Crippen LogP contribution in [0.5, 0.6) is 17.2 Å². The van der Waals surface area contributed by atoms with Crippen molar-refractivity contribution in [3.63, 3.8) is 0 Å². The lowest BCUT2D eigenvalue weighted by molar-refractivity contribution is -0.307. The molecule has 3 heterocycles. The molecule has 0 unspecified atom stereocenters. The minimum Gasteiger partial charge on any atom is -0.508 e. The third kappa shape index (κ3) is 5.74. The lowest BCUT2D eigenvalue weighted by Gasteiger charge is -2.41. The van der Waals surface area contributed by atoms with Crippen molar-refractivity contribution in [2.75, 3.05) is 20.3 Å². The van der Waals surface area contributed by atoms with E-state index < -0.39 is 61.9 Å². The van der Waals surface area contributed by atoms with Crippen molar-refractivity contribution in [3.8, 4) is 28.4 Å². The summed E-state index contributed by atoms with van der Waals surface area (Å²) in [5.41, 5.74) is 0.502. The van der Waals surface area contributed by atoms with Gasteiger partial charge in [-0.1, -0.05) is 12.1 Å². The Morgan fingerprint density at radius 1 is 0.878 bits per heavy atom. The fourth-order valence-electron chi connectivity index (χ4n) is 4.62. The summed E-state index contributed by atoms with van der Waals surface area (Å²) in [5, 5.41) is 70.6. The number of phenolic OH excluding ortho intramolecular Hbond substituents is 1. The Bertz CT molecular complexity index is 1410. The van der Waals surface area contributed by atoms with Crippen LogP contribution in [0.25, 0.3) is 22.1 Å². The quantitative estimate of drug-likeness (QED) is 0.176. The molecule has 1 aromatic heterocycles. The van der Waals surface area contributed by atoms with E-state index in [1.54, 1.807) is 12.1 Å². The van der Waals surface area contributed by atoms with Crippen LogP contribution in [0.4, 0.5) is 0 Å². The summed E-state index contributed by atoms with van der Waals surface area (Å²) in [7, 11) is 1.33. The number of benzene rings is 2. The number of hydrogen-bond acceptors (Lipinski definition) is 14. The van der Waals surface area contributed by atoms with Gasteiger partial charge in [-0.2, -0.15) is 0 Å². The number of hydrogen-bond donors (Lipinski definition) is 7. The molecule has 3 aromatic rings. The van der Waals surface area contributed by atoms with Crippen LogP contribution in [0.2, 0.25) is 0 Å². The highest BCUT2D eigenvalue weighted by Crippen LogP contribution is 2.35. The summed E-state index contributed by atoms with van der Waals surface area (Å²) in [5.74, 6) is 0.0959. The maximum atomic E-state index is 13.2. The fourth-order valence-corrected chi connectivity index (χ4v) is 4.62. The minimum atomic E-state index is -1.73. The molecule has 0 spiro atoms. The van der Waals surface area contributed by atoms with Gasteiger partial charge in [-0.05, 0) is 23.8 Å². The molecule has 0 radical (unpaired) electrons. The van der Waals surface area contributed by atoms with Crippen LogP contribution < -0.4 is 14.9 Å². The van der Waals surface area contributed by atoms with Crippen LogP contribution in [0.15, 0.2) is 51.9 Å². The highest BCUT2D eigenvalue weighted by atomic mass is 16.7. The Morgan fingerprint density at radius 2 is 1.59 bits per heavy atom. The first kappa shape index (κ1) is 29.2. The standard InChI is InChI=1S/C27H30O14/c1-36-17-6-13-16(37-8-14(20(13)30)11-2-4-12(28)5-3-11)7-18(17)40-27-25(35)23(33)22(32)19(41-27)10-39-26-24(34)21(31)15(29)9-38-26/h2-8,15,19,21-29,31-35H,9-10H2,1H3/t15-,19-,21+,22-,23+,24-,25-,26+,27-/m0/s1. The smallest absolute Gasteiger partial charge is 0.229 e. The zero-order chi connectivity index (χ0) is 29.4. The van der Waals surface area contributed by atoms with Crippen molar-refractivity contribution >= 4 is 11.0 Å². The third-order valence-corrected chi connectivity index (χ3v) is 7.03. The lowest BCUT2D eigenvalue weighted by Crippen LogP contribution is -2.61. The van der Waals surface area contributed by atoms with Gasteiger partial charge < -0.3 is 63.8 Å². The molecule has 0 saturated carbocycles. The monoisotopic (exact) mass is 578 g/mol. The highest BCUT2D eigenvalue weighted by molar-refractivity contribution is 5.84. The molecule has 41 heavy (non-hydrogen) atoms. The predicted octanol–water partition coefficient (Wildman–Crippen LogP) is -1.18. The largest absolute Gasteiger partial charge is 0.508 e. The van der Waals surface area contributed by atoms with Crippen LogP contribution >= 0.6 is 0 Å². The van der Waals surface area contributed by atoms with E-state index in [-0.39, 0.29) is 45.8 Å². The molecule has 9 atom stereocenters. The maximum Gasteiger partial charge on any atom is 0.229 e. The van der Waals surface area contributed by atoms with E-state index in [1.807, 2.05) is 0 Å². The number of methoxy groups -OCH3 is 1. The Morgan fingerprint density at radius 3 is 2.29 bits per heavy atom. The summed E-state index contributed by atoms with van der Waals surface area (Å²) < 4.78 is 33.1. The molecule has 2 aliphatic heterocycles. The average molecular weight is 579 g/mol. The van der Waals surface area contributed by atoms with E-state index in [1.165, 1.54) is 37.6 Å². The van der Waals surface area contributed by atoms with Gasteiger partial charge in [0.2, 0.25) is 11.7 Å². The zero-order valence-electron chi connectivity index (χ0n) is 21.6. The Balaban J connectivity index is 1.36. The lowest BCUT2D eigenvalue weighted by atomic mass is 9.99. The van der Waals surface area contributed by atoms with Crippen molar-refractivity contribution in [2.45, 2.75) is 55.3 Å². The molecule has 0 bridgehead atoms. The van der Waals surface area contributed by atoms with Crippen molar-refractivity contribution in [1.29, 1.82) is 0 Å². The van der Waals surface area contributed by atoms with Crippen LogP contribution in [-0.2, 0) is 14.2 Å².